The van der Waals surface area contributed by atoms with E-state index in [9.17, 15) is 9.59 Å². The summed E-state index contributed by atoms with van der Waals surface area (Å²) in [6, 6.07) is 0. The molecule has 86 valence electrons. The first-order valence-electron chi connectivity index (χ1n) is 5.03. The van der Waals surface area contributed by atoms with Gasteiger partial charge in [0.2, 0.25) is 0 Å². The van der Waals surface area contributed by atoms with Crippen molar-refractivity contribution in [1.82, 2.24) is 19.6 Å². The fourth-order valence-corrected chi connectivity index (χ4v) is 1.92. The quantitative estimate of drug-likeness (QED) is 0.414. The summed E-state index contributed by atoms with van der Waals surface area (Å²) in [5, 5.41) is 2.98. The zero-order chi connectivity index (χ0) is 12.0. The van der Waals surface area contributed by atoms with E-state index in [1.165, 1.54) is 4.57 Å². The van der Waals surface area contributed by atoms with E-state index < -0.39 is 0 Å². The molecule has 0 aliphatic heterocycles. The van der Waals surface area contributed by atoms with Gasteiger partial charge in [-0.3, -0.25) is 9.36 Å². The van der Waals surface area contributed by atoms with Crippen LogP contribution in [0, 0.1) is 0 Å². The average Bonchev–Trinajstić information content (AvgIpc) is 2.94. The molecule has 0 aliphatic carbocycles. The number of imidazole rings is 2. The highest BCUT2D eigenvalue weighted by Crippen LogP contribution is 2.20. The minimum absolute atomic E-state index is 0.312. The number of hydrogen-bond acceptors (Lipinski definition) is 2. The van der Waals surface area contributed by atoms with Gasteiger partial charge in [0.05, 0.1) is 11.9 Å². The lowest BCUT2D eigenvalue weighted by molar-refractivity contribution is -0.574. The van der Waals surface area contributed by atoms with Gasteiger partial charge in [0.1, 0.15) is 17.5 Å². The zero-order valence-corrected chi connectivity index (χ0v) is 9.02. The summed E-state index contributed by atoms with van der Waals surface area (Å²) in [6.07, 6.45) is 5.96. The second-order valence-corrected chi connectivity index (χ2v) is 3.73. The van der Waals surface area contributed by atoms with Crippen LogP contribution in [0.15, 0.2) is 23.4 Å². The lowest BCUT2D eigenvalue weighted by Crippen LogP contribution is -2.18. The number of carbonyl (C=O) groups is 1. The molecule has 0 saturated heterocycles. The Morgan fingerprint density at radius 1 is 1.47 bits per heavy atom. The molecule has 7 heteroatoms. The van der Waals surface area contributed by atoms with E-state index in [-0.39, 0.29) is 5.69 Å². The largest absolute Gasteiger partial charge is 0.326 e. The highest BCUT2D eigenvalue weighted by Gasteiger charge is 2.20. The molecule has 0 unspecified atom stereocenters. The van der Waals surface area contributed by atoms with Crippen LogP contribution in [0.1, 0.15) is 10.5 Å². The Balaban J connectivity index is 2.36. The highest BCUT2D eigenvalue weighted by molar-refractivity contribution is 5.86. The molecule has 0 radical (unpaired) electrons. The number of aldehydes is 1. The number of H-pyrrole nitrogens is 3. The van der Waals surface area contributed by atoms with Gasteiger partial charge >= 0.3 is 11.3 Å². The standard InChI is InChI=1S/C10H9N5O2/c1-14-7(5-16)8(13-10(14)17)6-4-12-15-3-2-11-9(6)15/h2-5H,1H3,(H2,11,12,13,16,17)/p+1. The van der Waals surface area contributed by atoms with Gasteiger partial charge in [0, 0.05) is 7.05 Å². The van der Waals surface area contributed by atoms with E-state index in [2.05, 4.69) is 15.1 Å². The van der Waals surface area contributed by atoms with Crippen LogP contribution in [0.25, 0.3) is 16.9 Å². The SMILES string of the molecule is Cn1c(C=O)c(-c2c[nH][n+]3cc[nH]c23)[nH]c1=O. The minimum Gasteiger partial charge on any atom is -0.305 e. The van der Waals surface area contributed by atoms with Gasteiger partial charge in [-0.05, 0) is 0 Å². The maximum atomic E-state index is 11.5. The molecule has 17 heavy (non-hydrogen) atoms. The monoisotopic (exact) mass is 232 g/mol. The van der Waals surface area contributed by atoms with Crippen LogP contribution in [-0.2, 0) is 7.05 Å². The summed E-state index contributed by atoms with van der Waals surface area (Å²) in [5.74, 6) is 0. The predicted molar refractivity (Wildman–Crippen MR) is 58.7 cm³/mol. The summed E-state index contributed by atoms with van der Waals surface area (Å²) in [7, 11) is 1.55. The Kier molecular flexibility index (Phi) is 1.82. The molecule has 3 aromatic heterocycles. The number of fused-ring (bicyclic) bond motifs is 1. The number of aromatic nitrogens is 5. The molecule has 0 aliphatic rings. The lowest BCUT2D eigenvalue weighted by atomic mass is 10.2. The maximum Gasteiger partial charge on any atom is 0.326 e. The van der Waals surface area contributed by atoms with Crippen LogP contribution in [-0.4, -0.2) is 25.9 Å². The summed E-state index contributed by atoms with van der Waals surface area (Å²) < 4.78 is 3.05. The number of rotatable bonds is 2. The number of aromatic amines is 3. The van der Waals surface area contributed by atoms with Crippen molar-refractivity contribution in [3.63, 3.8) is 0 Å². The second kappa shape index (κ2) is 3.21. The molecule has 0 saturated carbocycles. The number of nitrogens with zero attached hydrogens (tertiary/aromatic N) is 2. The minimum atomic E-state index is -0.312. The van der Waals surface area contributed by atoms with Crippen molar-refractivity contribution >= 4 is 11.9 Å². The first-order valence-corrected chi connectivity index (χ1v) is 5.03. The Morgan fingerprint density at radius 3 is 3.06 bits per heavy atom. The zero-order valence-electron chi connectivity index (χ0n) is 9.02. The lowest BCUT2D eigenvalue weighted by Gasteiger charge is -1.93. The van der Waals surface area contributed by atoms with Crippen molar-refractivity contribution in [2.24, 2.45) is 7.05 Å². The normalized spacial score (nSPS) is 11.1. The predicted octanol–water partition coefficient (Wildman–Crippen LogP) is -0.412. The molecule has 0 bridgehead atoms. The molecule has 3 heterocycles. The van der Waals surface area contributed by atoms with Crippen LogP contribution in [0.4, 0.5) is 0 Å². The van der Waals surface area contributed by atoms with Gasteiger partial charge in [0.15, 0.2) is 12.5 Å². The van der Waals surface area contributed by atoms with Crippen LogP contribution < -0.4 is 10.2 Å². The van der Waals surface area contributed by atoms with Crippen LogP contribution in [0.5, 0.6) is 0 Å². The van der Waals surface area contributed by atoms with Gasteiger partial charge in [-0.25, -0.2) is 14.9 Å². The Bertz CT molecular complexity index is 757. The molecular weight excluding hydrogens is 222 g/mol. The molecule has 0 atom stereocenters. The van der Waals surface area contributed by atoms with E-state index in [1.807, 2.05) is 0 Å². The average molecular weight is 232 g/mol. The van der Waals surface area contributed by atoms with Gasteiger partial charge in [0.25, 0.3) is 0 Å². The molecule has 3 N–H and O–H groups in total. The van der Waals surface area contributed by atoms with Gasteiger partial charge < -0.3 is 4.98 Å². The van der Waals surface area contributed by atoms with Crippen LogP contribution in [0.2, 0.25) is 0 Å². The van der Waals surface area contributed by atoms with Crippen molar-refractivity contribution in [2.45, 2.75) is 0 Å². The van der Waals surface area contributed by atoms with Gasteiger partial charge in [-0.2, -0.15) is 0 Å². The molecule has 0 spiro atoms. The number of nitrogens with one attached hydrogen (secondary N) is 3. The molecule has 3 rings (SSSR count). The van der Waals surface area contributed by atoms with E-state index in [4.69, 9.17) is 0 Å². The highest BCUT2D eigenvalue weighted by atomic mass is 16.1. The van der Waals surface area contributed by atoms with Gasteiger partial charge in [-0.1, -0.05) is 0 Å². The maximum absolute atomic E-state index is 11.5. The number of hydrogen-bond donors (Lipinski definition) is 3. The summed E-state index contributed by atoms with van der Waals surface area (Å²) in [6.45, 7) is 0. The summed E-state index contributed by atoms with van der Waals surface area (Å²) in [4.78, 5) is 28.2. The second-order valence-electron chi connectivity index (χ2n) is 3.73. The van der Waals surface area contributed by atoms with E-state index in [0.717, 1.165) is 11.2 Å². The smallest absolute Gasteiger partial charge is 0.305 e. The van der Waals surface area contributed by atoms with Gasteiger partial charge in [-0.15, -0.1) is 4.52 Å². The first kappa shape index (κ1) is 9.64. The Morgan fingerprint density at radius 2 is 2.29 bits per heavy atom. The Hall–Kier alpha value is -2.57. The van der Waals surface area contributed by atoms with E-state index >= 15 is 0 Å². The van der Waals surface area contributed by atoms with Crippen molar-refractivity contribution in [1.29, 1.82) is 0 Å². The van der Waals surface area contributed by atoms with Crippen molar-refractivity contribution in [3.05, 3.63) is 34.8 Å². The number of carbonyl (C=O) groups excluding carboxylic acids is 1. The topological polar surface area (TPSA) is 90.5 Å². The molecular formula is C10H10N5O2+. The molecule has 3 aromatic rings. The third-order valence-corrected chi connectivity index (χ3v) is 2.82. The molecule has 0 amide bonds. The third-order valence-electron chi connectivity index (χ3n) is 2.82. The van der Waals surface area contributed by atoms with Crippen LogP contribution >= 0.6 is 0 Å². The third kappa shape index (κ3) is 1.19. The van der Waals surface area contributed by atoms with E-state index in [0.29, 0.717) is 17.7 Å². The fourth-order valence-electron chi connectivity index (χ4n) is 1.92. The molecule has 0 aromatic carbocycles. The molecule has 0 fully saturated rings. The van der Waals surface area contributed by atoms with E-state index in [1.54, 1.807) is 30.2 Å². The van der Waals surface area contributed by atoms with Crippen molar-refractivity contribution in [3.8, 4) is 11.3 Å². The Labute approximate surface area is 94.7 Å². The fraction of sp³-hybridized carbons (Fsp3) is 0.100. The summed E-state index contributed by atoms with van der Waals surface area (Å²) >= 11 is 0. The molecule has 7 nitrogen and oxygen atoms in total. The van der Waals surface area contributed by atoms with Crippen molar-refractivity contribution < 1.29 is 9.31 Å². The summed E-state index contributed by atoms with van der Waals surface area (Å²) in [5.41, 5.74) is 2.05. The van der Waals surface area contributed by atoms with Crippen LogP contribution in [0.3, 0.4) is 0 Å². The first-order chi connectivity index (χ1) is 8.22. The van der Waals surface area contributed by atoms with Crippen molar-refractivity contribution in [2.75, 3.05) is 0 Å².